The van der Waals surface area contributed by atoms with E-state index in [1.807, 2.05) is 0 Å². The Balaban J connectivity index is 2.07. The fraction of sp³-hybridized carbons (Fsp3) is 0.714. The number of nitrogens with one attached hydrogen (secondary N) is 1. The van der Waals surface area contributed by atoms with E-state index in [0.717, 1.165) is 12.5 Å². The van der Waals surface area contributed by atoms with E-state index in [4.69, 9.17) is 0 Å². The van der Waals surface area contributed by atoms with Gasteiger partial charge < -0.3 is 5.32 Å². The van der Waals surface area contributed by atoms with Gasteiger partial charge in [0.25, 0.3) is 0 Å². The Kier molecular flexibility index (Phi) is 1.56. The van der Waals surface area contributed by atoms with E-state index in [9.17, 15) is 0 Å². The molecule has 0 bridgehead atoms. The Morgan fingerprint density at radius 1 is 1.75 bits per heavy atom. The largest absolute Gasteiger partial charge is 0.386 e. The maximum Gasteiger partial charge on any atom is 0.0259 e. The van der Waals surface area contributed by atoms with Crippen molar-refractivity contribution in [1.82, 2.24) is 5.32 Å². The van der Waals surface area contributed by atoms with E-state index >= 15 is 0 Å². The average Bonchev–Trinajstić information content (AvgIpc) is 2.50. The van der Waals surface area contributed by atoms with Crippen LogP contribution in [-0.4, -0.2) is 6.04 Å². The van der Waals surface area contributed by atoms with Gasteiger partial charge in [0.1, 0.15) is 0 Å². The lowest BCUT2D eigenvalue weighted by atomic mass is 10.4. The van der Waals surface area contributed by atoms with Crippen LogP contribution in [0.3, 0.4) is 0 Å². The number of hydrogen-bond donors (Lipinski definition) is 1. The zero-order chi connectivity index (χ0) is 5.98. The van der Waals surface area contributed by atoms with Crippen LogP contribution in [0.25, 0.3) is 0 Å². The van der Waals surface area contributed by atoms with Crippen molar-refractivity contribution >= 4 is 0 Å². The Bertz CT molecular complexity index is 92.6. The predicted molar refractivity (Wildman–Crippen MR) is 35.6 cm³/mol. The molecular weight excluding hydrogens is 98.1 g/mol. The second-order valence-corrected chi connectivity index (χ2v) is 2.38. The lowest BCUT2D eigenvalue weighted by molar-refractivity contribution is 0.771. The first kappa shape index (κ1) is 5.67. The molecule has 0 aromatic rings. The predicted octanol–water partition coefficient (Wildman–Crippen LogP) is 1.66. The summed E-state index contributed by atoms with van der Waals surface area (Å²) in [5, 5.41) is 3.31. The van der Waals surface area contributed by atoms with Gasteiger partial charge in [0.15, 0.2) is 0 Å². The lowest BCUT2D eigenvalue weighted by Crippen LogP contribution is -2.13. The summed E-state index contributed by atoms with van der Waals surface area (Å²) in [4.78, 5) is 0. The number of rotatable bonds is 3. The van der Waals surface area contributed by atoms with E-state index < -0.39 is 0 Å². The first-order valence-corrected chi connectivity index (χ1v) is 3.27. The van der Waals surface area contributed by atoms with E-state index in [-0.39, 0.29) is 0 Å². The van der Waals surface area contributed by atoms with E-state index in [1.165, 1.54) is 18.5 Å². The van der Waals surface area contributed by atoms with E-state index in [0.29, 0.717) is 0 Å². The van der Waals surface area contributed by atoms with Crippen molar-refractivity contribution in [3.63, 3.8) is 0 Å². The highest BCUT2D eigenvalue weighted by Crippen LogP contribution is 2.20. The molecule has 1 fully saturated rings. The highest BCUT2D eigenvalue weighted by molar-refractivity contribution is 4.97. The molecule has 46 valence electrons. The Hall–Kier alpha value is -0.460. The fourth-order valence-electron chi connectivity index (χ4n) is 0.618. The zero-order valence-electron chi connectivity index (χ0n) is 5.41. The minimum absolute atomic E-state index is 0.780. The molecule has 0 heterocycles. The summed E-state index contributed by atoms with van der Waals surface area (Å²) in [5.74, 6) is 0. The second-order valence-electron chi connectivity index (χ2n) is 2.38. The molecule has 1 saturated carbocycles. The van der Waals surface area contributed by atoms with Crippen LogP contribution in [0.5, 0.6) is 0 Å². The SMILES string of the molecule is C=C(CC)NC1CC1. The van der Waals surface area contributed by atoms with Gasteiger partial charge >= 0.3 is 0 Å². The highest BCUT2D eigenvalue weighted by Gasteiger charge is 2.20. The van der Waals surface area contributed by atoms with E-state index in [1.54, 1.807) is 0 Å². The Morgan fingerprint density at radius 2 is 2.38 bits per heavy atom. The molecule has 0 radical (unpaired) electrons. The molecule has 0 saturated heterocycles. The Labute approximate surface area is 50.8 Å². The van der Waals surface area contributed by atoms with Gasteiger partial charge in [-0.1, -0.05) is 13.5 Å². The highest BCUT2D eigenvalue weighted by atomic mass is 15.0. The van der Waals surface area contributed by atoms with Crippen LogP contribution in [0.15, 0.2) is 12.3 Å². The Morgan fingerprint density at radius 3 is 2.75 bits per heavy atom. The maximum atomic E-state index is 3.84. The minimum atomic E-state index is 0.780. The summed E-state index contributed by atoms with van der Waals surface area (Å²) in [6.07, 6.45) is 3.76. The van der Waals surface area contributed by atoms with Crippen LogP contribution in [0.2, 0.25) is 0 Å². The molecule has 1 aliphatic rings. The van der Waals surface area contributed by atoms with Gasteiger partial charge in [-0.15, -0.1) is 0 Å². The quantitative estimate of drug-likeness (QED) is 0.584. The van der Waals surface area contributed by atoms with E-state index in [2.05, 4.69) is 18.8 Å². The van der Waals surface area contributed by atoms with Gasteiger partial charge in [0.2, 0.25) is 0 Å². The first-order valence-electron chi connectivity index (χ1n) is 3.27. The lowest BCUT2D eigenvalue weighted by Gasteiger charge is -2.02. The molecule has 0 aromatic carbocycles. The van der Waals surface area contributed by atoms with Crippen molar-refractivity contribution in [2.75, 3.05) is 0 Å². The monoisotopic (exact) mass is 111 g/mol. The first-order chi connectivity index (χ1) is 3.83. The zero-order valence-corrected chi connectivity index (χ0v) is 5.41. The molecular formula is C7H13N. The summed E-state index contributed by atoms with van der Waals surface area (Å²) in [5.41, 5.74) is 1.19. The van der Waals surface area contributed by atoms with Gasteiger partial charge in [-0.2, -0.15) is 0 Å². The van der Waals surface area contributed by atoms with Crippen LogP contribution < -0.4 is 5.32 Å². The molecule has 1 N–H and O–H groups in total. The summed E-state index contributed by atoms with van der Waals surface area (Å²) < 4.78 is 0. The van der Waals surface area contributed by atoms with Gasteiger partial charge in [0.05, 0.1) is 0 Å². The second kappa shape index (κ2) is 2.21. The van der Waals surface area contributed by atoms with Crippen molar-refractivity contribution in [2.45, 2.75) is 32.2 Å². The summed E-state index contributed by atoms with van der Waals surface area (Å²) in [6, 6.07) is 0.780. The van der Waals surface area contributed by atoms with Crippen molar-refractivity contribution < 1.29 is 0 Å². The molecule has 1 rings (SSSR count). The van der Waals surface area contributed by atoms with Crippen molar-refractivity contribution in [3.8, 4) is 0 Å². The molecule has 1 heteroatoms. The standard InChI is InChI=1S/C7H13N/c1-3-6(2)8-7-4-5-7/h7-8H,2-5H2,1H3. The van der Waals surface area contributed by atoms with Crippen LogP contribution in [0.1, 0.15) is 26.2 Å². The maximum absolute atomic E-state index is 3.84. The molecule has 0 aliphatic heterocycles. The van der Waals surface area contributed by atoms with Gasteiger partial charge in [-0.05, 0) is 19.3 Å². The molecule has 0 unspecified atom stereocenters. The van der Waals surface area contributed by atoms with Crippen LogP contribution in [-0.2, 0) is 0 Å². The minimum Gasteiger partial charge on any atom is -0.386 e. The summed E-state index contributed by atoms with van der Waals surface area (Å²) in [6.45, 7) is 5.96. The summed E-state index contributed by atoms with van der Waals surface area (Å²) in [7, 11) is 0. The molecule has 1 nitrogen and oxygen atoms in total. The molecule has 0 amide bonds. The molecule has 8 heavy (non-hydrogen) atoms. The molecule has 0 aromatic heterocycles. The normalized spacial score (nSPS) is 18.1. The third-order valence-corrected chi connectivity index (χ3v) is 1.41. The third-order valence-electron chi connectivity index (χ3n) is 1.41. The fourth-order valence-corrected chi connectivity index (χ4v) is 0.618. The van der Waals surface area contributed by atoms with Crippen LogP contribution >= 0.6 is 0 Å². The van der Waals surface area contributed by atoms with Crippen molar-refractivity contribution in [3.05, 3.63) is 12.3 Å². The van der Waals surface area contributed by atoms with Gasteiger partial charge in [-0.25, -0.2) is 0 Å². The smallest absolute Gasteiger partial charge is 0.0259 e. The summed E-state index contributed by atoms with van der Waals surface area (Å²) >= 11 is 0. The molecule has 0 spiro atoms. The van der Waals surface area contributed by atoms with Gasteiger partial charge in [-0.3, -0.25) is 0 Å². The van der Waals surface area contributed by atoms with Crippen LogP contribution in [0, 0.1) is 0 Å². The molecule has 0 atom stereocenters. The number of hydrogen-bond acceptors (Lipinski definition) is 1. The van der Waals surface area contributed by atoms with Gasteiger partial charge in [0, 0.05) is 11.7 Å². The van der Waals surface area contributed by atoms with Crippen molar-refractivity contribution in [1.29, 1.82) is 0 Å². The van der Waals surface area contributed by atoms with Crippen LogP contribution in [0.4, 0.5) is 0 Å². The molecule has 1 aliphatic carbocycles. The topological polar surface area (TPSA) is 12.0 Å². The number of allylic oxidation sites excluding steroid dienone is 1. The van der Waals surface area contributed by atoms with Crippen molar-refractivity contribution in [2.24, 2.45) is 0 Å². The third kappa shape index (κ3) is 1.57. The average molecular weight is 111 g/mol.